The lowest BCUT2D eigenvalue weighted by Gasteiger charge is -2.06. The smallest absolute Gasteiger partial charge is 0.119 e. The molecule has 0 atom stereocenters. The maximum Gasteiger partial charge on any atom is 0.119 e. The first-order valence-corrected chi connectivity index (χ1v) is 5.98. The second-order valence-electron chi connectivity index (χ2n) is 3.77. The Balaban J connectivity index is 2.53. The number of halogens is 1. The minimum absolute atomic E-state index is 0.401. The van der Waals surface area contributed by atoms with Crippen LogP contribution in [0.3, 0.4) is 0 Å². The van der Waals surface area contributed by atoms with E-state index in [0.717, 1.165) is 11.1 Å². The molecule has 1 aromatic heterocycles. The van der Waals surface area contributed by atoms with Crippen LogP contribution in [-0.4, -0.2) is 12.1 Å². The molecule has 0 aliphatic rings. The first-order chi connectivity index (χ1) is 9.26. The average molecular weight is 271 g/mol. The van der Waals surface area contributed by atoms with E-state index in [-0.39, 0.29) is 0 Å². The summed E-state index contributed by atoms with van der Waals surface area (Å²) in [6.07, 6.45) is 3.27. The lowest BCUT2D eigenvalue weighted by atomic mass is 10.0. The quantitative estimate of drug-likeness (QED) is 0.799. The number of allylic oxidation sites excluding steroid dienone is 1. The molecule has 4 heteroatoms. The number of ether oxygens (including phenoxy) is 1. The van der Waals surface area contributed by atoms with Gasteiger partial charge in [0.25, 0.3) is 0 Å². The number of hydrogen-bond acceptors (Lipinski definition) is 3. The van der Waals surface area contributed by atoms with Crippen LogP contribution in [0.2, 0.25) is 0 Å². The predicted molar refractivity (Wildman–Crippen MR) is 75.5 cm³/mol. The molecule has 0 saturated carbocycles. The second-order valence-corrected chi connectivity index (χ2v) is 4.15. The summed E-state index contributed by atoms with van der Waals surface area (Å²) in [6, 6.07) is 12.9. The predicted octanol–water partition coefficient (Wildman–Crippen LogP) is 3.72. The van der Waals surface area contributed by atoms with Gasteiger partial charge in [0.15, 0.2) is 0 Å². The molecule has 1 heterocycles. The molecule has 0 N–H and O–H groups in total. The van der Waals surface area contributed by atoms with Crippen LogP contribution in [0.25, 0.3) is 10.6 Å². The number of pyridine rings is 1. The van der Waals surface area contributed by atoms with Crippen molar-refractivity contribution in [2.24, 2.45) is 0 Å². The highest BCUT2D eigenvalue weighted by Gasteiger charge is 2.10. The van der Waals surface area contributed by atoms with Crippen molar-refractivity contribution in [3.63, 3.8) is 0 Å². The van der Waals surface area contributed by atoms with E-state index in [1.54, 1.807) is 37.7 Å². The van der Waals surface area contributed by atoms with Crippen LogP contribution >= 0.6 is 11.6 Å². The fraction of sp³-hybridized carbons (Fsp3) is 0.0667. The molecule has 0 saturated heterocycles. The Kier molecular flexibility index (Phi) is 4.17. The van der Waals surface area contributed by atoms with Gasteiger partial charge in [0, 0.05) is 12.4 Å². The third-order valence-electron chi connectivity index (χ3n) is 2.62. The topological polar surface area (TPSA) is 45.9 Å². The summed E-state index contributed by atoms with van der Waals surface area (Å²) in [5, 5.41) is 9.73. The first-order valence-electron chi connectivity index (χ1n) is 5.61. The van der Waals surface area contributed by atoms with Gasteiger partial charge >= 0.3 is 0 Å². The van der Waals surface area contributed by atoms with Crippen LogP contribution in [0.4, 0.5) is 0 Å². The molecule has 3 nitrogen and oxygen atoms in total. The van der Waals surface area contributed by atoms with Crippen LogP contribution in [0, 0.1) is 11.3 Å². The van der Waals surface area contributed by atoms with E-state index in [0.29, 0.717) is 16.4 Å². The lowest BCUT2D eigenvalue weighted by molar-refractivity contribution is 0.414. The minimum atomic E-state index is 0.401. The van der Waals surface area contributed by atoms with Gasteiger partial charge in [0.2, 0.25) is 0 Å². The molecular formula is C15H11ClN2O. The van der Waals surface area contributed by atoms with Crippen molar-refractivity contribution >= 4 is 22.2 Å². The SMILES string of the molecule is COc1cccc(/C(C#N)=C(/Cl)c2ccncc2)c1. The number of rotatable bonds is 3. The third kappa shape index (κ3) is 2.93. The van der Waals surface area contributed by atoms with E-state index < -0.39 is 0 Å². The molecule has 0 aliphatic carbocycles. The van der Waals surface area contributed by atoms with E-state index in [2.05, 4.69) is 11.1 Å². The van der Waals surface area contributed by atoms with Gasteiger partial charge in [-0.15, -0.1) is 0 Å². The highest BCUT2D eigenvalue weighted by Crippen LogP contribution is 2.30. The zero-order chi connectivity index (χ0) is 13.7. The molecule has 94 valence electrons. The molecule has 1 aromatic carbocycles. The molecule has 0 aliphatic heterocycles. The summed E-state index contributed by atoms with van der Waals surface area (Å²) in [5.41, 5.74) is 1.89. The summed E-state index contributed by atoms with van der Waals surface area (Å²) in [5.74, 6) is 0.685. The molecule has 2 rings (SSSR count). The van der Waals surface area contributed by atoms with E-state index in [1.165, 1.54) is 0 Å². The maximum atomic E-state index is 9.33. The van der Waals surface area contributed by atoms with Crippen molar-refractivity contribution in [2.75, 3.05) is 7.11 Å². The third-order valence-corrected chi connectivity index (χ3v) is 3.03. The van der Waals surface area contributed by atoms with Crippen LogP contribution in [0.15, 0.2) is 48.8 Å². The summed E-state index contributed by atoms with van der Waals surface area (Å²) in [6.45, 7) is 0. The Labute approximate surface area is 116 Å². The highest BCUT2D eigenvalue weighted by molar-refractivity contribution is 6.53. The van der Waals surface area contributed by atoms with Crippen molar-refractivity contribution in [1.82, 2.24) is 4.98 Å². The van der Waals surface area contributed by atoms with Gasteiger partial charge in [-0.3, -0.25) is 4.98 Å². The summed E-state index contributed by atoms with van der Waals surface area (Å²) < 4.78 is 5.15. The summed E-state index contributed by atoms with van der Waals surface area (Å²) in [4.78, 5) is 3.93. The van der Waals surface area contributed by atoms with Crippen molar-refractivity contribution in [3.8, 4) is 11.8 Å². The van der Waals surface area contributed by atoms with E-state index in [1.807, 2.05) is 18.2 Å². The van der Waals surface area contributed by atoms with Crippen LogP contribution in [0.5, 0.6) is 5.75 Å². The van der Waals surface area contributed by atoms with Gasteiger partial charge in [-0.1, -0.05) is 23.7 Å². The number of benzene rings is 1. The van der Waals surface area contributed by atoms with E-state index >= 15 is 0 Å². The van der Waals surface area contributed by atoms with Gasteiger partial charge in [0.1, 0.15) is 11.8 Å². The number of nitrogens with zero attached hydrogens (tertiary/aromatic N) is 2. The van der Waals surface area contributed by atoms with Crippen molar-refractivity contribution in [3.05, 3.63) is 59.9 Å². The monoisotopic (exact) mass is 270 g/mol. The molecule has 0 bridgehead atoms. The second kappa shape index (κ2) is 6.03. The Morgan fingerprint density at radius 1 is 1.21 bits per heavy atom. The Hall–Kier alpha value is -2.31. The zero-order valence-electron chi connectivity index (χ0n) is 10.3. The first kappa shape index (κ1) is 13.1. The largest absolute Gasteiger partial charge is 0.497 e. The van der Waals surface area contributed by atoms with Gasteiger partial charge in [-0.2, -0.15) is 5.26 Å². The van der Waals surface area contributed by atoms with E-state index in [4.69, 9.17) is 16.3 Å². The molecule has 2 aromatic rings. The minimum Gasteiger partial charge on any atom is -0.497 e. The Morgan fingerprint density at radius 3 is 2.58 bits per heavy atom. The Morgan fingerprint density at radius 2 is 1.95 bits per heavy atom. The Bertz CT molecular complexity index is 645. The normalized spacial score (nSPS) is 11.4. The maximum absolute atomic E-state index is 9.33. The number of nitriles is 1. The fourth-order valence-electron chi connectivity index (χ4n) is 1.66. The van der Waals surface area contributed by atoms with Gasteiger partial charge in [-0.25, -0.2) is 0 Å². The molecule has 0 radical (unpaired) electrons. The molecule has 0 unspecified atom stereocenters. The number of methoxy groups -OCH3 is 1. The van der Waals surface area contributed by atoms with Gasteiger partial charge in [-0.05, 0) is 35.4 Å². The molecule has 19 heavy (non-hydrogen) atoms. The fourth-order valence-corrected chi connectivity index (χ4v) is 1.94. The number of hydrogen-bond donors (Lipinski definition) is 0. The highest BCUT2D eigenvalue weighted by atomic mass is 35.5. The van der Waals surface area contributed by atoms with Crippen LogP contribution in [0.1, 0.15) is 11.1 Å². The average Bonchev–Trinajstić information content (AvgIpc) is 2.49. The molecule has 0 spiro atoms. The van der Waals surface area contributed by atoms with Crippen LogP contribution < -0.4 is 4.74 Å². The van der Waals surface area contributed by atoms with Crippen molar-refractivity contribution in [2.45, 2.75) is 0 Å². The van der Waals surface area contributed by atoms with Gasteiger partial charge in [0.05, 0.1) is 17.7 Å². The molecule has 0 amide bonds. The summed E-state index contributed by atoms with van der Waals surface area (Å²) >= 11 is 6.29. The summed E-state index contributed by atoms with van der Waals surface area (Å²) in [7, 11) is 1.58. The standard InChI is InChI=1S/C15H11ClN2O/c1-19-13-4-2-3-12(9-13)14(10-17)15(16)11-5-7-18-8-6-11/h2-9H,1H3/b15-14+. The zero-order valence-corrected chi connectivity index (χ0v) is 11.1. The number of aromatic nitrogens is 1. The van der Waals surface area contributed by atoms with E-state index in [9.17, 15) is 5.26 Å². The molecule has 0 fully saturated rings. The van der Waals surface area contributed by atoms with Crippen molar-refractivity contribution < 1.29 is 4.74 Å². The van der Waals surface area contributed by atoms with Crippen molar-refractivity contribution in [1.29, 1.82) is 5.26 Å². The van der Waals surface area contributed by atoms with Gasteiger partial charge < -0.3 is 4.74 Å². The lowest BCUT2D eigenvalue weighted by Crippen LogP contribution is -1.89. The molecular weight excluding hydrogens is 260 g/mol. The van der Waals surface area contributed by atoms with Crippen LogP contribution in [-0.2, 0) is 0 Å².